The van der Waals surface area contributed by atoms with Gasteiger partial charge in [-0.15, -0.1) is 0 Å². The Labute approximate surface area is 108 Å². The van der Waals surface area contributed by atoms with Crippen LogP contribution in [0, 0.1) is 0 Å². The molecule has 4 nitrogen and oxygen atoms in total. The maximum Gasteiger partial charge on any atom is 0.121 e. The summed E-state index contributed by atoms with van der Waals surface area (Å²) in [5.74, 6) is 1.58. The standard InChI is InChI=1S/C9H10N3O.Y/c1-12-6-5-11-9(12)8-7(13-2)3-4-10-8;/h3-6H,1-2H3;/q-1;. The van der Waals surface area contributed by atoms with Crippen LogP contribution in [0.2, 0.25) is 0 Å². The average Bonchev–Trinajstić information content (AvgIpc) is 2.71. The molecular weight excluding hydrogens is 255 g/mol. The van der Waals surface area contributed by atoms with E-state index in [1.54, 1.807) is 19.5 Å². The van der Waals surface area contributed by atoms with E-state index in [9.17, 15) is 0 Å². The SMILES string of the molecule is COc1cc[n-]c1-c1[n-]cc[n+]1C.[Y]. The number of hydrogen-bond acceptors (Lipinski definition) is 1. The van der Waals surface area contributed by atoms with Crippen molar-refractivity contribution in [1.29, 1.82) is 0 Å². The van der Waals surface area contributed by atoms with Crippen LogP contribution < -0.4 is 19.3 Å². The molecule has 0 atom stereocenters. The van der Waals surface area contributed by atoms with Gasteiger partial charge in [0.2, 0.25) is 0 Å². The molecule has 0 saturated heterocycles. The molecule has 0 N–H and O–H groups in total. The summed E-state index contributed by atoms with van der Waals surface area (Å²) in [5, 5.41) is 0. The number of imidazole rings is 1. The van der Waals surface area contributed by atoms with Crippen LogP contribution in [0.4, 0.5) is 0 Å². The van der Waals surface area contributed by atoms with Crippen molar-refractivity contribution in [1.82, 2.24) is 9.97 Å². The number of aromatic nitrogens is 3. The number of hydrogen-bond donors (Lipinski definition) is 0. The quantitative estimate of drug-likeness (QED) is 0.723. The summed E-state index contributed by atoms with van der Waals surface area (Å²) in [7, 11) is 3.56. The van der Waals surface area contributed by atoms with E-state index in [-0.39, 0.29) is 32.7 Å². The van der Waals surface area contributed by atoms with Crippen LogP contribution in [-0.4, -0.2) is 7.11 Å². The van der Waals surface area contributed by atoms with Crippen molar-refractivity contribution in [2.45, 2.75) is 0 Å². The minimum absolute atomic E-state index is 0. The molecule has 0 bridgehead atoms. The Morgan fingerprint density at radius 2 is 2.07 bits per heavy atom. The molecule has 0 aliphatic carbocycles. The van der Waals surface area contributed by atoms with E-state index in [4.69, 9.17) is 4.74 Å². The molecule has 0 spiro atoms. The third-order valence-corrected chi connectivity index (χ3v) is 1.92. The first-order valence-electron chi connectivity index (χ1n) is 3.96. The van der Waals surface area contributed by atoms with Crippen LogP contribution in [0.25, 0.3) is 11.5 Å². The number of rotatable bonds is 2. The Hall–Kier alpha value is -0.606. The molecule has 0 saturated carbocycles. The second-order valence-corrected chi connectivity index (χ2v) is 2.72. The Bertz CT molecular complexity index is 408. The van der Waals surface area contributed by atoms with E-state index in [0.29, 0.717) is 0 Å². The fraction of sp³-hybridized carbons (Fsp3) is 0.222. The van der Waals surface area contributed by atoms with Crippen LogP contribution in [0.15, 0.2) is 24.7 Å². The topological polar surface area (TPSA) is 41.3 Å². The van der Waals surface area contributed by atoms with Gasteiger partial charge in [0.15, 0.2) is 0 Å². The van der Waals surface area contributed by atoms with E-state index in [2.05, 4.69) is 9.97 Å². The van der Waals surface area contributed by atoms with E-state index >= 15 is 0 Å². The molecule has 5 heteroatoms. The van der Waals surface area contributed by atoms with Gasteiger partial charge in [0.25, 0.3) is 0 Å². The largest absolute Gasteiger partial charge is 0.658 e. The summed E-state index contributed by atoms with van der Waals surface area (Å²) >= 11 is 0. The summed E-state index contributed by atoms with van der Waals surface area (Å²) in [5.41, 5.74) is 0.787. The predicted molar refractivity (Wildman–Crippen MR) is 46.2 cm³/mol. The third kappa shape index (κ3) is 1.91. The molecule has 0 amide bonds. The number of nitrogens with zero attached hydrogens (tertiary/aromatic N) is 3. The zero-order chi connectivity index (χ0) is 9.26. The number of methoxy groups -OCH3 is 1. The van der Waals surface area contributed by atoms with Gasteiger partial charge in [-0.25, -0.2) is 4.98 Å². The van der Waals surface area contributed by atoms with Crippen molar-refractivity contribution in [2.75, 3.05) is 7.11 Å². The summed E-state index contributed by atoms with van der Waals surface area (Å²) < 4.78 is 7.06. The molecule has 0 aliphatic rings. The summed E-state index contributed by atoms with van der Waals surface area (Å²) in [6, 6.07) is 1.82. The van der Waals surface area contributed by atoms with Gasteiger partial charge in [-0.2, -0.15) is 6.20 Å². The van der Waals surface area contributed by atoms with Crippen molar-refractivity contribution in [3.8, 4) is 17.3 Å². The van der Waals surface area contributed by atoms with Gasteiger partial charge in [-0.1, -0.05) is 0 Å². The van der Waals surface area contributed by atoms with Crippen molar-refractivity contribution in [3.05, 3.63) is 24.7 Å². The molecule has 71 valence electrons. The first-order chi connectivity index (χ1) is 6.33. The molecule has 2 heterocycles. The maximum atomic E-state index is 5.15. The Morgan fingerprint density at radius 3 is 2.64 bits per heavy atom. The first kappa shape index (κ1) is 11.5. The third-order valence-electron chi connectivity index (χ3n) is 1.92. The Balaban J connectivity index is 0.000000980. The molecule has 1 radical (unpaired) electrons. The molecule has 0 aromatic carbocycles. The molecule has 14 heavy (non-hydrogen) atoms. The van der Waals surface area contributed by atoms with E-state index < -0.39 is 0 Å². The normalized spacial score (nSPS) is 9.57. The number of aryl methyl sites for hydroxylation is 1. The van der Waals surface area contributed by atoms with Gasteiger partial charge in [-0.05, 0) is 11.8 Å². The second-order valence-electron chi connectivity index (χ2n) is 2.72. The van der Waals surface area contributed by atoms with Gasteiger partial charge in [0.1, 0.15) is 11.6 Å². The zero-order valence-corrected chi connectivity index (χ0v) is 11.0. The minimum Gasteiger partial charge on any atom is -0.658 e. The Morgan fingerprint density at radius 1 is 1.29 bits per heavy atom. The molecular formula is C9H10N3OY-. The van der Waals surface area contributed by atoms with Crippen molar-refractivity contribution in [3.63, 3.8) is 0 Å². The predicted octanol–water partition coefficient (Wildman–Crippen LogP) is 0.0986. The van der Waals surface area contributed by atoms with Crippen molar-refractivity contribution in [2.24, 2.45) is 7.05 Å². The fourth-order valence-corrected chi connectivity index (χ4v) is 1.25. The first-order valence-corrected chi connectivity index (χ1v) is 3.96. The zero-order valence-electron chi connectivity index (χ0n) is 8.14. The van der Waals surface area contributed by atoms with Crippen molar-refractivity contribution < 1.29 is 42.0 Å². The van der Waals surface area contributed by atoms with Crippen LogP contribution >= 0.6 is 0 Å². The smallest absolute Gasteiger partial charge is 0.121 e. The van der Waals surface area contributed by atoms with Gasteiger partial charge in [0, 0.05) is 52.2 Å². The molecule has 0 fully saturated rings. The van der Waals surface area contributed by atoms with Gasteiger partial charge in [0.05, 0.1) is 7.11 Å². The molecule has 2 rings (SSSR count). The van der Waals surface area contributed by atoms with Crippen LogP contribution in [0.1, 0.15) is 0 Å². The van der Waals surface area contributed by atoms with Crippen LogP contribution in [0.3, 0.4) is 0 Å². The van der Waals surface area contributed by atoms with Crippen molar-refractivity contribution >= 4 is 0 Å². The Kier molecular flexibility index (Phi) is 3.90. The molecule has 2 aromatic heterocycles. The fourth-order valence-electron chi connectivity index (χ4n) is 1.25. The maximum absolute atomic E-state index is 5.15. The van der Waals surface area contributed by atoms with Gasteiger partial charge < -0.3 is 14.3 Å². The summed E-state index contributed by atoms with van der Waals surface area (Å²) in [6.45, 7) is 0. The monoisotopic (exact) mass is 265 g/mol. The average molecular weight is 265 g/mol. The van der Waals surface area contributed by atoms with E-state index in [1.165, 1.54) is 0 Å². The second kappa shape index (κ2) is 4.76. The van der Waals surface area contributed by atoms with Gasteiger partial charge in [-0.3, -0.25) is 0 Å². The van der Waals surface area contributed by atoms with Crippen LogP contribution in [0.5, 0.6) is 5.75 Å². The molecule has 0 unspecified atom stereocenters. The summed E-state index contributed by atoms with van der Waals surface area (Å²) in [4.78, 5) is 8.37. The molecule has 2 aromatic rings. The minimum atomic E-state index is 0. The number of ether oxygens (including phenoxy) is 1. The summed E-state index contributed by atoms with van der Waals surface area (Å²) in [6.07, 6.45) is 5.33. The van der Waals surface area contributed by atoms with Crippen LogP contribution in [-0.2, 0) is 39.8 Å². The molecule has 0 aliphatic heterocycles. The van der Waals surface area contributed by atoms with Gasteiger partial charge >= 0.3 is 0 Å². The van der Waals surface area contributed by atoms with E-state index in [1.807, 2.05) is 23.9 Å². The van der Waals surface area contributed by atoms with E-state index in [0.717, 1.165) is 17.3 Å².